The summed E-state index contributed by atoms with van der Waals surface area (Å²) in [5, 5.41) is 3.97. The lowest BCUT2D eigenvalue weighted by atomic mass is 10.1. The third kappa shape index (κ3) is 4.97. The summed E-state index contributed by atoms with van der Waals surface area (Å²) >= 11 is 7.55. The van der Waals surface area contributed by atoms with Crippen LogP contribution in [0.5, 0.6) is 0 Å². The van der Waals surface area contributed by atoms with E-state index in [1.807, 2.05) is 37.3 Å². The molecule has 1 aliphatic heterocycles. The molecule has 0 unspecified atom stereocenters. The van der Waals surface area contributed by atoms with E-state index in [0.29, 0.717) is 37.5 Å². The first-order chi connectivity index (χ1) is 15.4. The van der Waals surface area contributed by atoms with E-state index in [2.05, 4.69) is 5.16 Å². The third-order valence-electron chi connectivity index (χ3n) is 5.18. The van der Waals surface area contributed by atoms with Gasteiger partial charge in [-0.3, -0.25) is 9.59 Å². The highest BCUT2D eigenvalue weighted by atomic mass is 35.5. The van der Waals surface area contributed by atoms with Gasteiger partial charge in [-0.2, -0.15) is 0 Å². The van der Waals surface area contributed by atoms with Crippen LogP contribution in [0.1, 0.15) is 32.2 Å². The average Bonchev–Trinajstić information content (AvgIpc) is 3.22. The molecule has 2 heterocycles. The van der Waals surface area contributed by atoms with Crippen molar-refractivity contribution in [3.8, 4) is 0 Å². The maximum Gasteiger partial charge on any atom is 0.255 e. The van der Waals surface area contributed by atoms with Gasteiger partial charge in [-0.15, -0.1) is 11.8 Å². The Bertz CT molecular complexity index is 1150. The van der Waals surface area contributed by atoms with Crippen LogP contribution in [-0.2, 0) is 5.75 Å². The highest BCUT2D eigenvalue weighted by Crippen LogP contribution is 2.28. The molecule has 0 radical (unpaired) electrons. The van der Waals surface area contributed by atoms with Gasteiger partial charge in [0.1, 0.15) is 11.6 Å². The van der Waals surface area contributed by atoms with Crippen molar-refractivity contribution in [2.75, 3.05) is 26.2 Å². The largest absolute Gasteiger partial charge is 0.360 e. The molecule has 0 aliphatic carbocycles. The van der Waals surface area contributed by atoms with Gasteiger partial charge in [-0.1, -0.05) is 28.9 Å². The van der Waals surface area contributed by atoms with Crippen LogP contribution in [0, 0.1) is 12.7 Å². The van der Waals surface area contributed by atoms with Crippen molar-refractivity contribution in [1.29, 1.82) is 0 Å². The summed E-state index contributed by atoms with van der Waals surface area (Å²) < 4.78 is 18.5. The summed E-state index contributed by atoms with van der Waals surface area (Å²) in [7, 11) is 0. The lowest BCUT2D eigenvalue weighted by molar-refractivity contribution is 0.0533. The molecule has 166 valence electrons. The monoisotopic (exact) mass is 473 g/mol. The van der Waals surface area contributed by atoms with Gasteiger partial charge in [-0.25, -0.2) is 4.39 Å². The number of hydrogen-bond donors (Lipinski definition) is 0. The van der Waals surface area contributed by atoms with Crippen LogP contribution < -0.4 is 0 Å². The molecule has 1 saturated heterocycles. The molecule has 0 atom stereocenters. The Hall–Kier alpha value is -2.84. The minimum atomic E-state index is -0.489. The van der Waals surface area contributed by atoms with Gasteiger partial charge in [-0.05, 0) is 37.3 Å². The second kappa shape index (κ2) is 9.75. The van der Waals surface area contributed by atoms with Crippen LogP contribution in [0.2, 0.25) is 5.02 Å². The van der Waals surface area contributed by atoms with Gasteiger partial charge >= 0.3 is 0 Å². The number of piperazine rings is 1. The van der Waals surface area contributed by atoms with Crippen molar-refractivity contribution in [3.63, 3.8) is 0 Å². The molecule has 0 saturated carbocycles. The van der Waals surface area contributed by atoms with E-state index >= 15 is 0 Å². The second-order valence-corrected chi connectivity index (χ2v) is 8.85. The standard InChI is InChI=1S/C23H21ClFN3O3S/c1-15-12-17(31-26-15)14-32-21-5-3-2-4-19(21)23(30)28-10-8-27(9-11-28)22(29)18-7-6-16(25)13-20(18)24/h2-7,12-13H,8-11,14H2,1H3. The molecule has 0 spiro atoms. The number of hydrogen-bond acceptors (Lipinski definition) is 5. The quantitative estimate of drug-likeness (QED) is 0.504. The predicted octanol–water partition coefficient (Wildman–Crippen LogP) is 4.67. The molecule has 2 amide bonds. The summed E-state index contributed by atoms with van der Waals surface area (Å²) in [6.45, 7) is 3.44. The van der Waals surface area contributed by atoms with Gasteiger partial charge in [0.25, 0.3) is 11.8 Å². The van der Waals surface area contributed by atoms with Crippen LogP contribution in [0.25, 0.3) is 0 Å². The van der Waals surface area contributed by atoms with E-state index in [0.717, 1.165) is 22.4 Å². The van der Waals surface area contributed by atoms with Crippen molar-refractivity contribution in [3.05, 3.63) is 82.0 Å². The second-order valence-electron chi connectivity index (χ2n) is 7.43. The summed E-state index contributed by atoms with van der Waals surface area (Å²) in [6.07, 6.45) is 0. The molecular weight excluding hydrogens is 453 g/mol. The average molecular weight is 474 g/mol. The van der Waals surface area contributed by atoms with Crippen LogP contribution >= 0.6 is 23.4 Å². The van der Waals surface area contributed by atoms with E-state index < -0.39 is 5.82 Å². The minimum Gasteiger partial charge on any atom is -0.360 e. The van der Waals surface area contributed by atoms with E-state index in [1.165, 1.54) is 23.9 Å². The van der Waals surface area contributed by atoms with Gasteiger partial charge < -0.3 is 14.3 Å². The molecule has 1 aromatic heterocycles. The number of carbonyl (C=O) groups excluding carboxylic acids is 2. The van der Waals surface area contributed by atoms with Crippen LogP contribution in [0.15, 0.2) is 57.9 Å². The van der Waals surface area contributed by atoms with Crippen molar-refractivity contribution in [2.45, 2.75) is 17.6 Å². The molecule has 0 N–H and O–H groups in total. The Kier molecular flexibility index (Phi) is 6.81. The van der Waals surface area contributed by atoms with Crippen molar-refractivity contribution in [1.82, 2.24) is 15.0 Å². The molecule has 3 aromatic rings. The Morgan fingerprint density at radius 2 is 1.69 bits per heavy atom. The summed E-state index contributed by atoms with van der Waals surface area (Å²) in [4.78, 5) is 30.2. The fourth-order valence-corrected chi connectivity index (χ4v) is 4.69. The van der Waals surface area contributed by atoms with E-state index in [4.69, 9.17) is 16.1 Å². The fourth-order valence-electron chi connectivity index (χ4n) is 3.52. The lowest BCUT2D eigenvalue weighted by Gasteiger charge is -2.35. The van der Waals surface area contributed by atoms with Crippen molar-refractivity contribution < 1.29 is 18.5 Å². The maximum absolute atomic E-state index is 13.3. The molecule has 0 bridgehead atoms. The molecule has 6 nitrogen and oxygen atoms in total. The van der Waals surface area contributed by atoms with Gasteiger partial charge in [0.05, 0.1) is 27.6 Å². The summed E-state index contributed by atoms with van der Waals surface area (Å²) in [6, 6.07) is 13.1. The number of aromatic nitrogens is 1. The number of carbonyl (C=O) groups is 2. The number of thioether (sulfide) groups is 1. The Morgan fingerprint density at radius 3 is 2.31 bits per heavy atom. The van der Waals surface area contributed by atoms with Crippen LogP contribution in [0.4, 0.5) is 4.39 Å². The first-order valence-electron chi connectivity index (χ1n) is 10.1. The fraction of sp³-hybridized carbons (Fsp3) is 0.261. The topological polar surface area (TPSA) is 66.7 Å². The molecule has 9 heteroatoms. The van der Waals surface area contributed by atoms with Gasteiger partial charge in [0, 0.05) is 37.1 Å². The number of amides is 2. The number of nitrogens with zero attached hydrogens (tertiary/aromatic N) is 3. The third-order valence-corrected chi connectivity index (χ3v) is 6.59. The zero-order valence-corrected chi connectivity index (χ0v) is 19.0. The lowest BCUT2D eigenvalue weighted by Crippen LogP contribution is -2.50. The Labute approximate surface area is 194 Å². The zero-order valence-electron chi connectivity index (χ0n) is 17.4. The first kappa shape index (κ1) is 22.4. The van der Waals surface area contributed by atoms with E-state index in [9.17, 15) is 14.0 Å². The number of halogens is 2. The summed E-state index contributed by atoms with van der Waals surface area (Å²) in [5.41, 5.74) is 1.70. The number of rotatable bonds is 5. The highest BCUT2D eigenvalue weighted by molar-refractivity contribution is 7.98. The van der Waals surface area contributed by atoms with Gasteiger partial charge in [0.2, 0.25) is 0 Å². The van der Waals surface area contributed by atoms with Crippen LogP contribution in [-0.4, -0.2) is 52.9 Å². The molecule has 4 rings (SSSR count). The molecule has 32 heavy (non-hydrogen) atoms. The molecule has 1 aliphatic rings. The maximum atomic E-state index is 13.3. The first-order valence-corrected chi connectivity index (χ1v) is 11.5. The van der Waals surface area contributed by atoms with Gasteiger partial charge in [0.15, 0.2) is 0 Å². The highest BCUT2D eigenvalue weighted by Gasteiger charge is 2.27. The molecule has 1 fully saturated rings. The van der Waals surface area contributed by atoms with Crippen molar-refractivity contribution >= 4 is 35.2 Å². The summed E-state index contributed by atoms with van der Waals surface area (Å²) in [5.74, 6) is 0.499. The zero-order chi connectivity index (χ0) is 22.7. The smallest absolute Gasteiger partial charge is 0.255 e. The Balaban J connectivity index is 1.40. The molecular formula is C23H21ClFN3O3S. The predicted molar refractivity (Wildman–Crippen MR) is 120 cm³/mol. The number of benzene rings is 2. The van der Waals surface area contributed by atoms with Crippen molar-refractivity contribution in [2.24, 2.45) is 0 Å². The minimum absolute atomic E-state index is 0.0752. The Morgan fingerprint density at radius 1 is 1.03 bits per heavy atom. The molecule has 2 aromatic carbocycles. The normalized spacial score (nSPS) is 14.0. The van der Waals surface area contributed by atoms with E-state index in [1.54, 1.807) is 9.80 Å². The SMILES string of the molecule is Cc1cc(CSc2ccccc2C(=O)N2CCN(C(=O)c3ccc(F)cc3Cl)CC2)on1. The van der Waals surface area contributed by atoms with Crippen LogP contribution in [0.3, 0.4) is 0 Å². The number of aryl methyl sites for hydroxylation is 1. The van der Waals surface area contributed by atoms with E-state index in [-0.39, 0.29) is 22.4 Å².